The molecule has 0 radical (unpaired) electrons. The molecule has 1 N–H and O–H groups in total. The molecule has 3 rings (SSSR count). The number of rotatable bonds is 5. The third kappa shape index (κ3) is 3.30. The van der Waals surface area contributed by atoms with Gasteiger partial charge in [-0.2, -0.15) is 0 Å². The predicted octanol–water partition coefficient (Wildman–Crippen LogP) is 2.90. The zero-order valence-electron chi connectivity index (χ0n) is 13.4. The first kappa shape index (κ1) is 15.8. The fraction of sp³-hybridized carbons (Fsp3) is 0.158. The summed E-state index contributed by atoms with van der Waals surface area (Å²) in [5, 5.41) is 4.59. The maximum absolute atomic E-state index is 12.6. The van der Waals surface area contributed by atoms with Crippen molar-refractivity contribution in [3.63, 3.8) is 0 Å². The molecule has 0 saturated heterocycles. The molecular weight excluding hydrogens is 304 g/mol. The number of methoxy groups -OCH3 is 1. The van der Waals surface area contributed by atoms with Crippen LogP contribution in [-0.4, -0.2) is 24.2 Å². The molecule has 0 atom stereocenters. The van der Waals surface area contributed by atoms with Crippen LogP contribution in [0.3, 0.4) is 0 Å². The van der Waals surface area contributed by atoms with Crippen molar-refractivity contribution in [2.45, 2.75) is 6.54 Å². The van der Waals surface area contributed by atoms with Crippen LogP contribution in [-0.2, 0) is 11.3 Å². The van der Waals surface area contributed by atoms with Crippen LogP contribution in [0.15, 0.2) is 65.6 Å². The van der Waals surface area contributed by atoms with Crippen LogP contribution in [0.5, 0.6) is 0 Å². The van der Waals surface area contributed by atoms with Gasteiger partial charge in [-0.15, -0.1) is 0 Å². The monoisotopic (exact) mass is 322 g/mol. The van der Waals surface area contributed by atoms with E-state index in [1.165, 1.54) is 7.11 Å². The number of pyridine rings is 1. The highest BCUT2D eigenvalue weighted by molar-refractivity contribution is 5.95. The van der Waals surface area contributed by atoms with E-state index < -0.39 is 5.97 Å². The van der Waals surface area contributed by atoms with Gasteiger partial charge in [-0.1, -0.05) is 24.3 Å². The summed E-state index contributed by atoms with van der Waals surface area (Å²) in [6.45, 7) is 1.16. The van der Waals surface area contributed by atoms with Crippen LogP contribution in [0.2, 0.25) is 0 Å². The number of benzene rings is 2. The van der Waals surface area contributed by atoms with E-state index in [9.17, 15) is 9.59 Å². The van der Waals surface area contributed by atoms with Crippen molar-refractivity contribution in [3.8, 4) is 0 Å². The Kier molecular flexibility index (Phi) is 4.61. The number of anilines is 1. The van der Waals surface area contributed by atoms with E-state index in [-0.39, 0.29) is 5.56 Å². The number of ether oxygens (including phenoxy) is 1. The summed E-state index contributed by atoms with van der Waals surface area (Å²) in [5.41, 5.74) is 1.27. The van der Waals surface area contributed by atoms with Crippen molar-refractivity contribution in [2.24, 2.45) is 0 Å². The third-order valence-corrected chi connectivity index (χ3v) is 3.86. The van der Waals surface area contributed by atoms with Gasteiger partial charge in [0.15, 0.2) is 0 Å². The Hall–Kier alpha value is -3.08. The third-order valence-electron chi connectivity index (χ3n) is 3.86. The predicted molar refractivity (Wildman–Crippen MR) is 94.5 cm³/mol. The van der Waals surface area contributed by atoms with Crippen LogP contribution < -0.4 is 10.9 Å². The van der Waals surface area contributed by atoms with Crippen LogP contribution in [0, 0.1) is 0 Å². The number of carbonyl (C=O) groups is 1. The zero-order valence-corrected chi connectivity index (χ0v) is 13.4. The molecule has 5 nitrogen and oxygen atoms in total. The normalized spacial score (nSPS) is 10.5. The van der Waals surface area contributed by atoms with Gasteiger partial charge in [-0.25, -0.2) is 4.79 Å². The molecule has 0 aliphatic rings. The highest BCUT2D eigenvalue weighted by Gasteiger charge is 2.09. The van der Waals surface area contributed by atoms with Crippen molar-refractivity contribution < 1.29 is 9.53 Å². The molecule has 0 fully saturated rings. The van der Waals surface area contributed by atoms with Crippen LogP contribution >= 0.6 is 0 Å². The molecule has 5 heteroatoms. The number of fused-ring (bicyclic) bond motifs is 1. The quantitative estimate of drug-likeness (QED) is 0.734. The summed E-state index contributed by atoms with van der Waals surface area (Å²) in [4.78, 5) is 24.3. The number of hydrogen-bond acceptors (Lipinski definition) is 4. The minimum atomic E-state index is -0.447. The van der Waals surface area contributed by atoms with Crippen LogP contribution in [0.25, 0.3) is 10.8 Å². The maximum Gasteiger partial charge on any atom is 0.337 e. The second-order valence-electron chi connectivity index (χ2n) is 5.40. The Labute approximate surface area is 139 Å². The van der Waals surface area contributed by atoms with Crippen LogP contribution in [0.1, 0.15) is 10.4 Å². The van der Waals surface area contributed by atoms with Gasteiger partial charge in [0.05, 0.1) is 12.7 Å². The van der Waals surface area contributed by atoms with E-state index >= 15 is 0 Å². The Morgan fingerprint density at radius 1 is 1.12 bits per heavy atom. The fourth-order valence-electron chi connectivity index (χ4n) is 2.58. The largest absolute Gasteiger partial charge is 0.465 e. The molecule has 1 heterocycles. The SMILES string of the molecule is COC(=O)c1ccc2ccn(CCNc3ccccc3)c(=O)c2c1. The Bertz CT molecular complexity index is 917. The standard InChI is InChI=1S/C19H18N2O3/c1-24-19(23)15-8-7-14-9-11-21(18(22)17(14)13-15)12-10-20-16-5-3-2-4-6-16/h2-9,11,13,20H,10,12H2,1H3. The summed E-state index contributed by atoms with van der Waals surface area (Å²) >= 11 is 0. The number of para-hydroxylation sites is 1. The van der Waals surface area contributed by atoms with E-state index in [1.54, 1.807) is 29.0 Å². The second kappa shape index (κ2) is 7.00. The number of esters is 1. The maximum atomic E-state index is 12.6. The molecule has 0 bridgehead atoms. The molecule has 0 saturated carbocycles. The lowest BCUT2D eigenvalue weighted by Crippen LogP contribution is -2.23. The summed E-state index contributed by atoms with van der Waals surface area (Å²) in [6, 6.07) is 16.7. The smallest absolute Gasteiger partial charge is 0.337 e. The first-order valence-electron chi connectivity index (χ1n) is 7.69. The van der Waals surface area contributed by atoms with Gasteiger partial charge in [0.25, 0.3) is 5.56 Å². The van der Waals surface area contributed by atoms with E-state index in [1.807, 2.05) is 36.4 Å². The lowest BCUT2D eigenvalue weighted by molar-refractivity contribution is 0.0601. The van der Waals surface area contributed by atoms with Gasteiger partial charge in [0, 0.05) is 30.4 Å². The summed E-state index contributed by atoms with van der Waals surface area (Å²) < 4.78 is 6.35. The fourth-order valence-corrected chi connectivity index (χ4v) is 2.58. The van der Waals surface area contributed by atoms with E-state index in [4.69, 9.17) is 4.74 Å². The van der Waals surface area contributed by atoms with E-state index in [2.05, 4.69) is 5.32 Å². The average Bonchev–Trinajstić information content (AvgIpc) is 2.63. The number of aromatic nitrogens is 1. The molecule has 3 aromatic rings. The molecule has 0 unspecified atom stereocenters. The Morgan fingerprint density at radius 3 is 2.67 bits per heavy atom. The summed E-state index contributed by atoms with van der Waals surface area (Å²) in [5.74, 6) is -0.447. The zero-order chi connectivity index (χ0) is 16.9. The average molecular weight is 322 g/mol. The van der Waals surface area contributed by atoms with Gasteiger partial charge in [-0.05, 0) is 35.7 Å². The molecule has 0 spiro atoms. The Balaban J connectivity index is 1.82. The van der Waals surface area contributed by atoms with Crippen molar-refractivity contribution in [1.29, 1.82) is 0 Å². The van der Waals surface area contributed by atoms with Gasteiger partial charge >= 0.3 is 5.97 Å². The lowest BCUT2D eigenvalue weighted by atomic mass is 10.1. The minimum absolute atomic E-state index is 0.117. The van der Waals surface area contributed by atoms with E-state index in [0.29, 0.717) is 24.0 Å². The van der Waals surface area contributed by atoms with Crippen LogP contribution in [0.4, 0.5) is 5.69 Å². The second-order valence-corrected chi connectivity index (χ2v) is 5.40. The molecule has 1 aromatic heterocycles. The first-order chi connectivity index (χ1) is 11.7. The molecule has 0 aliphatic carbocycles. The first-order valence-corrected chi connectivity index (χ1v) is 7.69. The summed E-state index contributed by atoms with van der Waals surface area (Å²) in [6.07, 6.45) is 1.77. The molecule has 0 amide bonds. The molecule has 2 aromatic carbocycles. The van der Waals surface area contributed by atoms with Gasteiger partial charge < -0.3 is 14.6 Å². The lowest BCUT2D eigenvalue weighted by Gasteiger charge is -2.10. The highest BCUT2D eigenvalue weighted by atomic mass is 16.5. The number of carbonyl (C=O) groups excluding carboxylic acids is 1. The van der Waals surface area contributed by atoms with Crippen molar-refractivity contribution in [2.75, 3.05) is 19.0 Å². The van der Waals surface area contributed by atoms with Crippen molar-refractivity contribution in [1.82, 2.24) is 4.57 Å². The molecule has 0 aliphatic heterocycles. The van der Waals surface area contributed by atoms with Gasteiger partial charge in [0.1, 0.15) is 0 Å². The highest BCUT2D eigenvalue weighted by Crippen LogP contribution is 2.13. The minimum Gasteiger partial charge on any atom is -0.465 e. The molecular formula is C19H18N2O3. The topological polar surface area (TPSA) is 60.3 Å². The number of nitrogens with one attached hydrogen (secondary N) is 1. The van der Waals surface area contributed by atoms with Gasteiger partial charge in [0.2, 0.25) is 0 Å². The summed E-state index contributed by atoms with van der Waals surface area (Å²) in [7, 11) is 1.32. The Morgan fingerprint density at radius 2 is 1.92 bits per heavy atom. The van der Waals surface area contributed by atoms with Crippen molar-refractivity contribution >= 4 is 22.4 Å². The van der Waals surface area contributed by atoms with Crippen molar-refractivity contribution in [3.05, 3.63) is 76.7 Å². The van der Waals surface area contributed by atoms with Gasteiger partial charge in [-0.3, -0.25) is 4.79 Å². The molecule has 122 valence electrons. The molecule has 24 heavy (non-hydrogen) atoms. The number of nitrogens with zero attached hydrogens (tertiary/aromatic N) is 1. The van der Waals surface area contributed by atoms with E-state index in [0.717, 1.165) is 11.1 Å². The number of hydrogen-bond donors (Lipinski definition) is 1.